The standard InChI is InChI=1S/C13H12N2O3S/c1-19(17,18)15-12-9-14-8-7-11(12)13(16)10-5-3-2-4-6-10/h2-9,15H,1H3. The summed E-state index contributed by atoms with van der Waals surface area (Å²) in [7, 11) is -3.46. The zero-order valence-electron chi connectivity index (χ0n) is 10.2. The maximum Gasteiger partial charge on any atom is 0.229 e. The molecule has 1 N–H and O–H groups in total. The van der Waals surface area contributed by atoms with Gasteiger partial charge in [0, 0.05) is 17.3 Å². The van der Waals surface area contributed by atoms with Gasteiger partial charge in [0.2, 0.25) is 10.0 Å². The van der Waals surface area contributed by atoms with Gasteiger partial charge in [-0.15, -0.1) is 0 Å². The predicted molar refractivity (Wildman–Crippen MR) is 72.6 cm³/mol. The fourth-order valence-electron chi connectivity index (χ4n) is 1.62. The molecule has 0 bridgehead atoms. The van der Waals surface area contributed by atoms with Gasteiger partial charge in [-0.2, -0.15) is 0 Å². The van der Waals surface area contributed by atoms with Crippen LogP contribution in [0.3, 0.4) is 0 Å². The number of hydrogen-bond acceptors (Lipinski definition) is 4. The van der Waals surface area contributed by atoms with Crippen molar-refractivity contribution >= 4 is 21.5 Å². The molecule has 0 atom stereocenters. The van der Waals surface area contributed by atoms with E-state index >= 15 is 0 Å². The number of sulfonamides is 1. The van der Waals surface area contributed by atoms with Crippen molar-refractivity contribution in [3.8, 4) is 0 Å². The lowest BCUT2D eigenvalue weighted by atomic mass is 10.0. The van der Waals surface area contributed by atoms with Crippen LogP contribution in [0.2, 0.25) is 0 Å². The van der Waals surface area contributed by atoms with E-state index in [1.54, 1.807) is 30.3 Å². The van der Waals surface area contributed by atoms with E-state index in [1.807, 2.05) is 0 Å². The minimum atomic E-state index is -3.46. The van der Waals surface area contributed by atoms with Crippen molar-refractivity contribution in [1.82, 2.24) is 4.98 Å². The molecule has 1 heterocycles. The van der Waals surface area contributed by atoms with Gasteiger partial charge in [0.25, 0.3) is 0 Å². The highest BCUT2D eigenvalue weighted by Crippen LogP contribution is 2.18. The summed E-state index contributed by atoms with van der Waals surface area (Å²) in [5.74, 6) is -0.255. The van der Waals surface area contributed by atoms with Crippen LogP contribution in [-0.4, -0.2) is 25.4 Å². The Labute approximate surface area is 111 Å². The number of anilines is 1. The molecule has 5 nitrogen and oxygen atoms in total. The van der Waals surface area contributed by atoms with E-state index in [4.69, 9.17) is 0 Å². The number of carbonyl (C=O) groups is 1. The molecule has 0 spiro atoms. The lowest BCUT2D eigenvalue weighted by molar-refractivity contribution is 0.103. The van der Waals surface area contributed by atoms with Crippen LogP contribution in [0.25, 0.3) is 0 Å². The molecule has 0 saturated carbocycles. The minimum absolute atomic E-state index is 0.179. The number of hydrogen-bond donors (Lipinski definition) is 1. The molecule has 0 saturated heterocycles. The van der Waals surface area contributed by atoms with E-state index in [0.717, 1.165) is 6.26 Å². The largest absolute Gasteiger partial charge is 0.289 e. The van der Waals surface area contributed by atoms with Crippen molar-refractivity contribution in [3.05, 3.63) is 59.9 Å². The number of ketones is 1. The van der Waals surface area contributed by atoms with E-state index in [1.165, 1.54) is 18.5 Å². The normalized spacial score (nSPS) is 11.0. The van der Waals surface area contributed by atoms with Crippen molar-refractivity contribution in [2.75, 3.05) is 11.0 Å². The molecule has 1 aromatic carbocycles. The molecule has 0 fully saturated rings. The van der Waals surface area contributed by atoms with E-state index < -0.39 is 10.0 Å². The molecular weight excluding hydrogens is 264 g/mol. The van der Waals surface area contributed by atoms with E-state index in [9.17, 15) is 13.2 Å². The number of nitrogens with zero attached hydrogens (tertiary/aromatic N) is 1. The van der Waals surface area contributed by atoms with Crippen LogP contribution < -0.4 is 4.72 Å². The zero-order chi connectivity index (χ0) is 13.9. The molecule has 0 unspecified atom stereocenters. The average molecular weight is 276 g/mol. The first kappa shape index (κ1) is 13.2. The minimum Gasteiger partial charge on any atom is -0.289 e. The summed E-state index contributed by atoms with van der Waals surface area (Å²) in [6.45, 7) is 0. The second kappa shape index (κ2) is 5.19. The molecule has 0 radical (unpaired) electrons. The smallest absolute Gasteiger partial charge is 0.229 e. The highest BCUT2D eigenvalue weighted by atomic mass is 32.2. The van der Waals surface area contributed by atoms with Gasteiger partial charge in [0.05, 0.1) is 18.1 Å². The highest BCUT2D eigenvalue weighted by Gasteiger charge is 2.15. The summed E-state index contributed by atoms with van der Waals surface area (Å²) in [5.41, 5.74) is 0.940. The van der Waals surface area contributed by atoms with Crippen LogP contribution in [0.1, 0.15) is 15.9 Å². The van der Waals surface area contributed by atoms with Crippen molar-refractivity contribution in [1.29, 1.82) is 0 Å². The van der Waals surface area contributed by atoms with Gasteiger partial charge in [-0.25, -0.2) is 8.42 Å². The number of carbonyl (C=O) groups excluding carboxylic acids is 1. The Balaban J connectivity index is 2.43. The van der Waals surface area contributed by atoms with Gasteiger partial charge in [-0.1, -0.05) is 30.3 Å². The Morgan fingerprint density at radius 1 is 1.16 bits per heavy atom. The van der Waals surface area contributed by atoms with E-state index in [0.29, 0.717) is 5.56 Å². The van der Waals surface area contributed by atoms with Gasteiger partial charge in [-0.05, 0) is 6.07 Å². The summed E-state index contributed by atoms with van der Waals surface area (Å²) in [5, 5.41) is 0. The third kappa shape index (κ3) is 3.38. The number of nitrogens with one attached hydrogen (secondary N) is 1. The summed E-state index contributed by atoms with van der Waals surface area (Å²) in [6, 6.07) is 10.1. The fourth-order valence-corrected chi connectivity index (χ4v) is 2.18. The highest BCUT2D eigenvalue weighted by molar-refractivity contribution is 7.92. The Morgan fingerprint density at radius 2 is 1.84 bits per heavy atom. The van der Waals surface area contributed by atoms with E-state index in [2.05, 4.69) is 9.71 Å². The van der Waals surface area contributed by atoms with Crippen LogP contribution >= 0.6 is 0 Å². The van der Waals surface area contributed by atoms with Gasteiger partial charge in [0.1, 0.15) is 0 Å². The molecule has 1 aromatic heterocycles. The van der Waals surface area contributed by atoms with E-state index in [-0.39, 0.29) is 17.0 Å². The molecule has 0 aliphatic heterocycles. The first-order chi connectivity index (χ1) is 8.97. The maximum atomic E-state index is 12.3. The Hall–Kier alpha value is -2.21. The van der Waals surface area contributed by atoms with Crippen LogP contribution in [-0.2, 0) is 10.0 Å². The number of benzene rings is 1. The summed E-state index contributed by atoms with van der Waals surface area (Å²) in [4.78, 5) is 16.1. The third-order valence-electron chi connectivity index (χ3n) is 2.40. The molecule has 2 rings (SSSR count). The first-order valence-corrected chi connectivity index (χ1v) is 7.38. The number of rotatable bonds is 4. The van der Waals surface area contributed by atoms with Crippen molar-refractivity contribution in [2.45, 2.75) is 0 Å². The summed E-state index contributed by atoms with van der Waals surface area (Å²) >= 11 is 0. The Morgan fingerprint density at radius 3 is 2.47 bits per heavy atom. The van der Waals surface area contributed by atoms with Crippen LogP contribution in [0.15, 0.2) is 48.8 Å². The van der Waals surface area contributed by atoms with Crippen LogP contribution in [0, 0.1) is 0 Å². The summed E-state index contributed by atoms with van der Waals surface area (Å²) < 4.78 is 24.8. The number of pyridine rings is 1. The molecular formula is C13H12N2O3S. The van der Waals surface area contributed by atoms with Gasteiger partial charge >= 0.3 is 0 Å². The molecule has 0 aliphatic carbocycles. The van der Waals surface area contributed by atoms with Crippen molar-refractivity contribution in [2.24, 2.45) is 0 Å². The van der Waals surface area contributed by atoms with Crippen LogP contribution in [0.4, 0.5) is 5.69 Å². The van der Waals surface area contributed by atoms with Gasteiger partial charge < -0.3 is 0 Å². The topological polar surface area (TPSA) is 76.1 Å². The molecule has 2 aromatic rings. The lowest BCUT2D eigenvalue weighted by Crippen LogP contribution is -2.14. The van der Waals surface area contributed by atoms with Crippen molar-refractivity contribution in [3.63, 3.8) is 0 Å². The number of aromatic nitrogens is 1. The SMILES string of the molecule is CS(=O)(=O)Nc1cnccc1C(=O)c1ccccc1. The fraction of sp³-hybridized carbons (Fsp3) is 0.0769. The molecule has 0 aliphatic rings. The van der Waals surface area contributed by atoms with Crippen molar-refractivity contribution < 1.29 is 13.2 Å². The van der Waals surface area contributed by atoms with Gasteiger partial charge in [0.15, 0.2) is 5.78 Å². The lowest BCUT2D eigenvalue weighted by Gasteiger charge is -2.09. The molecule has 19 heavy (non-hydrogen) atoms. The molecule has 0 amide bonds. The second-order valence-corrected chi connectivity index (χ2v) is 5.74. The van der Waals surface area contributed by atoms with Gasteiger partial charge in [-0.3, -0.25) is 14.5 Å². The first-order valence-electron chi connectivity index (χ1n) is 5.49. The second-order valence-electron chi connectivity index (χ2n) is 3.99. The average Bonchev–Trinajstić information content (AvgIpc) is 2.38. The predicted octanol–water partition coefficient (Wildman–Crippen LogP) is 1.68. The molecule has 98 valence electrons. The third-order valence-corrected chi connectivity index (χ3v) is 2.99. The summed E-state index contributed by atoms with van der Waals surface area (Å²) in [6.07, 6.45) is 3.79. The molecule has 6 heteroatoms. The zero-order valence-corrected chi connectivity index (χ0v) is 11.0. The monoisotopic (exact) mass is 276 g/mol. The Kier molecular flexibility index (Phi) is 3.62. The van der Waals surface area contributed by atoms with Crippen LogP contribution in [0.5, 0.6) is 0 Å². The quantitative estimate of drug-likeness (QED) is 0.862. The Bertz CT molecular complexity index is 697. The maximum absolute atomic E-state index is 12.3.